The average Bonchev–Trinajstić information content (AvgIpc) is 3.10. The number of furan rings is 1. The van der Waals surface area contributed by atoms with Crippen LogP contribution in [-0.4, -0.2) is 22.6 Å². The molecular formula is C18H17F3N4O. The van der Waals surface area contributed by atoms with Gasteiger partial charge in [0.05, 0.1) is 11.8 Å². The largest absolute Gasteiger partial charge is 0.463 e. The second kappa shape index (κ2) is 6.36. The van der Waals surface area contributed by atoms with Gasteiger partial charge in [0.25, 0.3) is 0 Å². The van der Waals surface area contributed by atoms with Crippen LogP contribution >= 0.6 is 0 Å². The summed E-state index contributed by atoms with van der Waals surface area (Å²) in [5.74, 6) is 1.00. The zero-order chi connectivity index (χ0) is 19.1. The fourth-order valence-corrected chi connectivity index (χ4v) is 2.69. The highest BCUT2D eigenvalue weighted by Gasteiger charge is 2.35. The lowest BCUT2D eigenvalue weighted by Gasteiger charge is -2.27. The van der Waals surface area contributed by atoms with Crippen LogP contribution in [-0.2, 0) is 12.6 Å². The maximum absolute atomic E-state index is 13.3. The van der Waals surface area contributed by atoms with Crippen molar-refractivity contribution in [3.63, 3.8) is 0 Å². The molecule has 0 aromatic carbocycles. The fourth-order valence-electron chi connectivity index (χ4n) is 2.69. The number of halogens is 3. The summed E-state index contributed by atoms with van der Waals surface area (Å²) in [5, 5.41) is 0. The van der Waals surface area contributed by atoms with Crippen LogP contribution in [0.1, 0.15) is 18.2 Å². The third-order valence-corrected chi connectivity index (χ3v) is 4.16. The number of pyridine rings is 1. The van der Waals surface area contributed by atoms with Crippen molar-refractivity contribution < 1.29 is 17.6 Å². The van der Waals surface area contributed by atoms with Crippen LogP contribution in [0.3, 0.4) is 0 Å². The average molecular weight is 362 g/mol. The number of rotatable bonds is 3. The van der Waals surface area contributed by atoms with Crippen molar-refractivity contribution >= 4 is 5.71 Å². The Kier molecular flexibility index (Phi) is 4.35. The van der Waals surface area contributed by atoms with Gasteiger partial charge in [0.2, 0.25) is 0 Å². The molecule has 0 radical (unpaired) electrons. The Balaban J connectivity index is 2.04. The predicted octanol–water partition coefficient (Wildman–Crippen LogP) is 3.95. The van der Waals surface area contributed by atoms with Crippen molar-refractivity contribution in [2.75, 3.05) is 7.05 Å². The Morgan fingerprint density at radius 2 is 2.00 bits per heavy atom. The van der Waals surface area contributed by atoms with E-state index >= 15 is 0 Å². The van der Waals surface area contributed by atoms with E-state index in [0.717, 1.165) is 6.07 Å². The summed E-state index contributed by atoms with van der Waals surface area (Å²) in [6.45, 7) is 5.57. The van der Waals surface area contributed by atoms with Crippen molar-refractivity contribution in [2.24, 2.45) is 10.7 Å². The molecule has 0 atom stereocenters. The van der Waals surface area contributed by atoms with E-state index in [4.69, 9.17) is 10.2 Å². The quantitative estimate of drug-likeness (QED) is 0.898. The van der Waals surface area contributed by atoms with E-state index in [0.29, 0.717) is 28.6 Å². The van der Waals surface area contributed by atoms with Crippen molar-refractivity contribution in [3.05, 3.63) is 65.6 Å². The second-order valence-corrected chi connectivity index (χ2v) is 5.89. The SMILES string of the molecule is C=C1N=C(C)C(Cc2ccc(C(F)(F)F)c(-c3ccco3)n2)=C(N)N1C. The molecule has 0 saturated carbocycles. The number of hydrogen-bond donors (Lipinski definition) is 1. The summed E-state index contributed by atoms with van der Waals surface area (Å²) in [5.41, 5.74) is 6.80. The van der Waals surface area contributed by atoms with E-state index in [1.54, 1.807) is 18.9 Å². The summed E-state index contributed by atoms with van der Waals surface area (Å²) in [4.78, 5) is 10.1. The minimum atomic E-state index is -4.54. The van der Waals surface area contributed by atoms with Gasteiger partial charge < -0.3 is 15.1 Å². The molecule has 0 aliphatic carbocycles. The molecule has 0 bridgehead atoms. The third-order valence-electron chi connectivity index (χ3n) is 4.16. The fraction of sp³-hybridized carbons (Fsp3) is 0.222. The number of nitrogens with two attached hydrogens (primary N) is 1. The van der Waals surface area contributed by atoms with Gasteiger partial charge in [-0.3, -0.25) is 0 Å². The first-order valence-corrected chi connectivity index (χ1v) is 7.76. The number of allylic oxidation sites excluding steroid dienone is 1. The first kappa shape index (κ1) is 17.8. The van der Waals surface area contributed by atoms with E-state index in [2.05, 4.69) is 16.6 Å². The molecule has 1 aliphatic heterocycles. The maximum atomic E-state index is 13.3. The zero-order valence-electron chi connectivity index (χ0n) is 14.3. The molecule has 2 aromatic heterocycles. The van der Waals surface area contributed by atoms with E-state index < -0.39 is 11.7 Å². The maximum Gasteiger partial charge on any atom is 0.418 e. The number of aliphatic imine (C=N–C) groups is 1. The van der Waals surface area contributed by atoms with Gasteiger partial charge in [-0.15, -0.1) is 0 Å². The molecule has 0 saturated heterocycles. The summed E-state index contributed by atoms with van der Waals surface area (Å²) in [6, 6.07) is 5.31. The van der Waals surface area contributed by atoms with Gasteiger partial charge in [-0.1, -0.05) is 6.58 Å². The highest BCUT2D eigenvalue weighted by Crippen LogP contribution is 2.36. The molecule has 3 heterocycles. The van der Waals surface area contributed by atoms with Crippen LogP contribution in [0.15, 0.2) is 63.7 Å². The summed E-state index contributed by atoms with van der Waals surface area (Å²) < 4.78 is 45.0. The predicted molar refractivity (Wildman–Crippen MR) is 91.9 cm³/mol. The van der Waals surface area contributed by atoms with Gasteiger partial charge in [-0.25, -0.2) is 9.98 Å². The number of hydrogen-bond acceptors (Lipinski definition) is 5. The lowest BCUT2D eigenvalue weighted by Crippen LogP contribution is -2.30. The first-order chi connectivity index (χ1) is 12.2. The van der Waals surface area contributed by atoms with Crippen LogP contribution in [0.5, 0.6) is 0 Å². The number of alkyl halides is 3. The Bertz CT molecular complexity index is 911. The highest BCUT2D eigenvalue weighted by molar-refractivity contribution is 6.00. The molecule has 0 amide bonds. The summed E-state index contributed by atoms with van der Waals surface area (Å²) in [6.07, 6.45) is -2.99. The van der Waals surface area contributed by atoms with Gasteiger partial charge in [-0.2, -0.15) is 13.2 Å². The topological polar surface area (TPSA) is 67.6 Å². The molecule has 2 N–H and O–H groups in total. The standard InChI is InChI=1S/C18H17F3N4O/c1-10-13(17(22)25(3)11(2)23-10)9-12-6-7-14(18(19,20)21)16(24-12)15-5-4-8-26-15/h4-8H,2,9,22H2,1,3H3. The summed E-state index contributed by atoms with van der Waals surface area (Å²) in [7, 11) is 1.72. The van der Waals surface area contributed by atoms with E-state index in [-0.39, 0.29) is 17.9 Å². The molecule has 1 aliphatic rings. The normalized spacial score (nSPS) is 15.5. The van der Waals surface area contributed by atoms with Crippen molar-refractivity contribution in [3.8, 4) is 11.5 Å². The smallest absolute Gasteiger partial charge is 0.418 e. The van der Waals surface area contributed by atoms with Gasteiger partial charge in [-0.05, 0) is 31.2 Å². The Morgan fingerprint density at radius 1 is 1.27 bits per heavy atom. The van der Waals surface area contributed by atoms with Gasteiger partial charge in [0, 0.05) is 30.4 Å². The van der Waals surface area contributed by atoms with E-state index in [9.17, 15) is 13.2 Å². The van der Waals surface area contributed by atoms with Gasteiger partial charge in [0.1, 0.15) is 17.3 Å². The molecule has 136 valence electrons. The van der Waals surface area contributed by atoms with Crippen molar-refractivity contribution in [2.45, 2.75) is 19.5 Å². The minimum Gasteiger partial charge on any atom is -0.463 e. The molecule has 0 unspecified atom stereocenters. The first-order valence-electron chi connectivity index (χ1n) is 7.76. The third kappa shape index (κ3) is 3.22. The molecule has 26 heavy (non-hydrogen) atoms. The van der Waals surface area contributed by atoms with Crippen LogP contribution in [0.2, 0.25) is 0 Å². The lowest BCUT2D eigenvalue weighted by atomic mass is 10.0. The van der Waals surface area contributed by atoms with Crippen molar-refractivity contribution in [1.82, 2.24) is 9.88 Å². The Hall–Kier alpha value is -3.03. The zero-order valence-corrected chi connectivity index (χ0v) is 14.3. The summed E-state index contributed by atoms with van der Waals surface area (Å²) >= 11 is 0. The van der Waals surface area contributed by atoms with E-state index in [1.807, 2.05) is 0 Å². The van der Waals surface area contributed by atoms with Crippen LogP contribution < -0.4 is 5.73 Å². The van der Waals surface area contributed by atoms with Gasteiger partial charge in [0.15, 0.2) is 5.76 Å². The highest BCUT2D eigenvalue weighted by atomic mass is 19.4. The van der Waals surface area contributed by atoms with Gasteiger partial charge >= 0.3 is 6.18 Å². The van der Waals surface area contributed by atoms with Crippen LogP contribution in [0.25, 0.3) is 11.5 Å². The Morgan fingerprint density at radius 3 is 2.62 bits per heavy atom. The molecule has 0 fully saturated rings. The molecule has 2 aromatic rings. The minimum absolute atomic E-state index is 0.0562. The molecule has 8 heteroatoms. The number of nitrogens with zero attached hydrogens (tertiary/aromatic N) is 3. The monoisotopic (exact) mass is 362 g/mol. The lowest BCUT2D eigenvalue weighted by molar-refractivity contribution is -0.137. The number of aromatic nitrogens is 1. The molecule has 5 nitrogen and oxygen atoms in total. The Labute approximate surface area is 148 Å². The second-order valence-electron chi connectivity index (χ2n) is 5.89. The molecular weight excluding hydrogens is 345 g/mol. The van der Waals surface area contributed by atoms with Crippen LogP contribution in [0.4, 0.5) is 13.2 Å². The van der Waals surface area contributed by atoms with E-state index in [1.165, 1.54) is 24.5 Å². The molecule has 3 rings (SSSR count). The van der Waals surface area contributed by atoms with Crippen molar-refractivity contribution in [1.29, 1.82) is 0 Å². The molecule has 0 spiro atoms. The van der Waals surface area contributed by atoms with Crippen LogP contribution in [0, 0.1) is 0 Å².